The van der Waals surface area contributed by atoms with Gasteiger partial charge in [0.25, 0.3) is 0 Å². The van der Waals surface area contributed by atoms with Gasteiger partial charge in [0, 0.05) is 25.2 Å². The summed E-state index contributed by atoms with van der Waals surface area (Å²) in [6.45, 7) is 1.45. The second-order valence-corrected chi connectivity index (χ2v) is 5.54. The molecule has 2 heterocycles. The van der Waals surface area contributed by atoms with Gasteiger partial charge in [-0.1, -0.05) is 18.2 Å². The fourth-order valence-electron chi connectivity index (χ4n) is 3.08. The van der Waals surface area contributed by atoms with Gasteiger partial charge in [-0.05, 0) is 35.8 Å². The topological polar surface area (TPSA) is 36.3 Å². The largest absolute Gasteiger partial charge is 0.347 e. The van der Waals surface area contributed by atoms with Crippen LogP contribution in [0, 0.1) is 0 Å². The van der Waals surface area contributed by atoms with E-state index in [0.717, 1.165) is 38.2 Å². The number of benzene rings is 1. The Kier molecular flexibility index (Phi) is 3.13. The maximum absolute atomic E-state index is 5.76. The summed E-state index contributed by atoms with van der Waals surface area (Å²) in [5.74, 6) is -0.335. The van der Waals surface area contributed by atoms with Crippen LogP contribution < -0.4 is 0 Å². The molecule has 4 nitrogen and oxygen atoms in total. The SMILES string of the molecule is C1=C(c2ccc(-n3cccn3)cc2)CCC2(C1)OCCO2. The summed E-state index contributed by atoms with van der Waals surface area (Å²) in [5.41, 5.74) is 3.74. The molecule has 1 aromatic heterocycles. The monoisotopic (exact) mass is 282 g/mol. The molecule has 4 heteroatoms. The van der Waals surface area contributed by atoms with Crippen molar-refractivity contribution >= 4 is 5.57 Å². The average molecular weight is 282 g/mol. The summed E-state index contributed by atoms with van der Waals surface area (Å²) >= 11 is 0. The molecule has 1 aliphatic heterocycles. The molecule has 1 aliphatic carbocycles. The molecule has 0 radical (unpaired) electrons. The third-order valence-corrected chi connectivity index (χ3v) is 4.26. The molecular weight excluding hydrogens is 264 g/mol. The van der Waals surface area contributed by atoms with Gasteiger partial charge >= 0.3 is 0 Å². The van der Waals surface area contributed by atoms with E-state index in [2.05, 4.69) is 35.4 Å². The average Bonchev–Trinajstić information content (AvgIpc) is 3.21. The van der Waals surface area contributed by atoms with E-state index >= 15 is 0 Å². The molecule has 0 bridgehead atoms. The van der Waals surface area contributed by atoms with Crippen LogP contribution in [0.4, 0.5) is 0 Å². The lowest BCUT2D eigenvalue weighted by molar-refractivity contribution is -0.159. The molecule has 1 spiro atoms. The molecule has 0 amide bonds. The molecule has 21 heavy (non-hydrogen) atoms. The van der Waals surface area contributed by atoms with Crippen LogP contribution in [0.5, 0.6) is 0 Å². The lowest BCUT2D eigenvalue weighted by Crippen LogP contribution is -2.31. The van der Waals surface area contributed by atoms with Crippen LogP contribution in [0.25, 0.3) is 11.3 Å². The van der Waals surface area contributed by atoms with Gasteiger partial charge < -0.3 is 9.47 Å². The van der Waals surface area contributed by atoms with Gasteiger partial charge in [-0.3, -0.25) is 0 Å². The fraction of sp³-hybridized carbons (Fsp3) is 0.353. The van der Waals surface area contributed by atoms with Gasteiger partial charge in [0.15, 0.2) is 5.79 Å². The summed E-state index contributed by atoms with van der Waals surface area (Å²) in [4.78, 5) is 0. The van der Waals surface area contributed by atoms with E-state index in [1.807, 2.05) is 16.9 Å². The van der Waals surface area contributed by atoms with Crippen molar-refractivity contribution < 1.29 is 9.47 Å². The zero-order valence-corrected chi connectivity index (χ0v) is 11.9. The Labute approximate surface area is 124 Å². The van der Waals surface area contributed by atoms with Crippen LogP contribution >= 0.6 is 0 Å². The van der Waals surface area contributed by atoms with E-state index in [-0.39, 0.29) is 5.79 Å². The number of allylic oxidation sites excluding steroid dienone is 1. The van der Waals surface area contributed by atoms with Crippen molar-refractivity contribution in [3.8, 4) is 5.69 Å². The Balaban J connectivity index is 1.53. The Morgan fingerprint density at radius 2 is 1.90 bits per heavy atom. The highest BCUT2D eigenvalue weighted by atomic mass is 16.7. The van der Waals surface area contributed by atoms with Crippen molar-refractivity contribution in [1.29, 1.82) is 0 Å². The Morgan fingerprint density at radius 1 is 1.10 bits per heavy atom. The number of aromatic nitrogens is 2. The summed E-state index contributed by atoms with van der Waals surface area (Å²) in [6.07, 6.45) is 8.80. The summed E-state index contributed by atoms with van der Waals surface area (Å²) in [7, 11) is 0. The molecule has 0 unspecified atom stereocenters. The Bertz CT molecular complexity index is 638. The summed E-state index contributed by atoms with van der Waals surface area (Å²) < 4.78 is 13.4. The molecule has 0 saturated carbocycles. The van der Waals surface area contributed by atoms with Gasteiger partial charge in [-0.2, -0.15) is 5.10 Å². The first-order valence-corrected chi connectivity index (χ1v) is 7.42. The lowest BCUT2D eigenvalue weighted by atomic mass is 9.90. The van der Waals surface area contributed by atoms with E-state index < -0.39 is 0 Å². The van der Waals surface area contributed by atoms with Gasteiger partial charge in [-0.15, -0.1) is 0 Å². The quantitative estimate of drug-likeness (QED) is 0.848. The van der Waals surface area contributed by atoms with Crippen molar-refractivity contribution in [3.63, 3.8) is 0 Å². The molecule has 1 aromatic carbocycles. The summed E-state index contributed by atoms with van der Waals surface area (Å²) in [6, 6.07) is 10.5. The number of hydrogen-bond donors (Lipinski definition) is 0. The molecule has 108 valence electrons. The zero-order chi connectivity index (χ0) is 14.1. The highest BCUT2D eigenvalue weighted by Gasteiger charge is 2.37. The summed E-state index contributed by atoms with van der Waals surface area (Å²) in [5, 5.41) is 4.25. The van der Waals surface area contributed by atoms with E-state index in [9.17, 15) is 0 Å². The molecule has 2 aromatic rings. The molecule has 1 saturated heterocycles. The first-order valence-electron chi connectivity index (χ1n) is 7.42. The van der Waals surface area contributed by atoms with Gasteiger partial charge in [-0.25, -0.2) is 4.68 Å². The smallest absolute Gasteiger partial charge is 0.172 e. The molecule has 2 aliphatic rings. The minimum atomic E-state index is -0.335. The van der Waals surface area contributed by atoms with Crippen LogP contribution in [0.3, 0.4) is 0 Å². The molecular formula is C17H18N2O2. The fourth-order valence-corrected chi connectivity index (χ4v) is 3.08. The molecule has 1 fully saturated rings. The van der Waals surface area contributed by atoms with Crippen molar-refractivity contribution in [2.24, 2.45) is 0 Å². The second-order valence-electron chi connectivity index (χ2n) is 5.54. The standard InChI is InChI=1S/C17H18N2O2/c1-10-18-19(11-1)16-4-2-14(3-5-16)15-6-8-17(9-7-15)20-12-13-21-17/h1-6,10-11H,7-9,12-13H2. The number of nitrogens with zero attached hydrogens (tertiary/aromatic N) is 2. The van der Waals surface area contributed by atoms with Crippen molar-refractivity contribution in [2.45, 2.75) is 25.0 Å². The molecule has 4 rings (SSSR count). The van der Waals surface area contributed by atoms with E-state index in [1.165, 1.54) is 11.1 Å². The second kappa shape index (κ2) is 5.13. The van der Waals surface area contributed by atoms with Gasteiger partial charge in [0.05, 0.1) is 18.9 Å². The van der Waals surface area contributed by atoms with Crippen LogP contribution in [-0.2, 0) is 9.47 Å². The minimum absolute atomic E-state index is 0.335. The normalized spacial score (nSPS) is 20.7. The molecule has 0 N–H and O–H groups in total. The predicted molar refractivity (Wildman–Crippen MR) is 80.0 cm³/mol. The number of hydrogen-bond acceptors (Lipinski definition) is 3. The third-order valence-electron chi connectivity index (χ3n) is 4.26. The predicted octanol–water partition coefficient (Wildman–Crippen LogP) is 3.18. The number of rotatable bonds is 2. The number of ether oxygens (including phenoxy) is 2. The zero-order valence-electron chi connectivity index (χ0n) is 11.9. The Morgan fingerprint density at radius 3 is 2.52 bits per heavy atom. The van der Waals surface area contributed by atoms with E-state index in [4.69, 9.17) is 9.47 Å². The lowest BCUT2D eigenvalue weighted by Gasteiger charge is -2.30. The van der Waals surface area contributed by atoms with Gasteiger partial charge in [0.2, 0.25) is 0 Å². The Hall–Kier alpha value is -1.91. The van der Waals surface area contributed by atoms with Crippen LogP contribution in [-0.4, -0.2) is 28.8 Å². The van der Waals surface area contributed by atoms with E-state index in [1.54, 1.807) is 6.20 Å². The maximum atomic E-state index is 5.76. The van der Waals surface area contributed by atoms with Crippen LogP contribution in [0.15, 0.2) is 48.8 Å². The molecule has 0 atom stereocenters. The van der Waals surface area contributed by atoms with Gasteiger partial charge in [0.1, 0.15) is 0 Å². The van der Waals surface area contributed by atoms with E-state index in [0.29, 0.717) is 0 Å². The van der Waals surface area contributed by atoms with Crippen LogP contribution in [0.2, 0.25) is 0 Å². The third kappa shape index (κ3) is 2.41. The van der Waals surface area contributed by atoms with Crippen molar-refractivity contribution in [1.82, 2.24) is 9.78 Å². The van der Waals surface area contributed by atoms with Crippen molar-refractivity contribution in [3.05, 3.63) is 54.4 Å². The first kappa shape index (κ1) is 12.8. The highest BCUT2D eigenvalue weighted by Crippen LogP contribution is 2.38. The van der Waals surface area contributed by atoms with Crippen LogP contribution in [0.1, 0.15) is 24.8 Å². The first-order chi connectivity index (χ1) is 10.3. The highest BCUT2D eigenvalue weighted by molar-refractivity contribution is 5.67. The van der Waals surface area contributed by atoms with Crippen molar-refractivity contribution in [2.75, 3.05) is 13.2 Å². The minimum Gasteiger partial charge on any atom is -0.347 e. The maximum Gasteiger partial charge on any atom is 0.172 e.